The summed E-state index contributed by atoms with van der Waals surface area (Å²) in [4.78, 5) is 0. The van der Waals surface area contributed by atoms with E-state index in [1.807, 2.05) is 6.07 Å². The second-order valence-electron chi connectivity index (χ2n) is 2.74. The number of benzene rings is 1. The molecule has 0 radical (unpaired) electrons. The molecule has 0 aromatic heterocycles. The summed E-state index contributed by atoms with van der Waals surface area (Å²) >= 11 is 9.58. The first-order chi connectivity index (χ1) is 5.69. The average Bonchev–Trinajstić information content (AvgIpc) is 2.08. The van der Waals surface area contributed by atoms with E-state index in [1.165, 1.54) is 15.6 Å². The maximum atomic E-state index is 6.06. The molecule has 0 saturated carbocycles. The predicted molar refractivity (Wildman–Crippen MR) is 57.9 cm³/mol. The molecule has 1 rings (SSSR count). The maximum Gasteiger partial charge on any atom is 0.0441 e. The number of aryl methyl sites for hydroxylation is 2. The second kappa shape index (κ2) is 4.29. The second-order valence-corrected chi connectivity index (χ2v) is 4.00. The van der Waals surface area contributed by atoms with Gasteiger partial charge in [0.1, 0.15) is 0 Å². The highest BCUT2D eigenvalue weighted by atomic mass is 79.9. The van der Waals surface area contributed by atoms with Crippen molar-refractivity contribution in [3.63, 3.8) is 0 Å². The van der Waals surface area contributed by atoms with Crippen LogP contribution in [0.5, 0.6) is 0 Å². The molecule has 1 aromatic rings. The molecule has 0 atom stereocenters. The Labute approximate surface area is 87.1 Å². The molecule has 0 bridgehead atoms. The Morgan fingerprint density at radius 1 is 1.17 bits per heavy atom. The van der Waals surface area contributed by atoms with Crippen LogP contribution in [0, 0.1) is 0 Å². The van der Waals surface area contributed by atoms with E-state index in [9.17, 15) is 0 Å². The van der Waals surface area contributed by atoms with Gasteiger partial charge in [-0.05, 0) is 36.1 Å². The van der Waals surface area contributed by atoms with Gasteiger partial charge in [-0.1, -0.05) is 41.4 Å². The zero-order chi connectivity index (χ0) is 9.14. The van der Waals surface area contributed by atoms with Gasteiger partial charge >= 0.3 is 0 Å². The summed E-state index contributed by atoms with van der Waals surface area (Å²) < 4.78 is 1.17. The van der Waals surface area contributed by atoms with Crippen LogP contribution in [0.2, 0.25) is 5.02 Å². The fourth-order valence-corrected chi connectivity index (χ4v) is 2.16. The normalized spacial score (nSPS) is 10.3. The monoisotopic (exact) mass is 246 g/mol. The van der Waals surface area contributed by atoms with Crippen LogP contribution in [-0.2, 0) is 12.8 Å². The molecule has 0 aliphatic carbocycles. The molecule has 0 aliphatic heterocycles. The molecule has 0 unspecified atom stereocenters. The molecule has 0 spiro atoms. The van der Waals surface area contributed by atoms with Crippen molar-refractivity contribution in [2.75, 3.05) is 0 Å². The van der Waals surface area contributed by atoms with Gasteiger partial charge < -0.3 is 0 Å². The van der Waals surface area contributed by atoms with Crippen molar-refractivity contribution in [1.82, 2.24) is 0 Å². The minimum atomic E-state index is 0.887. The molecule has 1 aromatic carbocycles. The Hall–Kier alpha value is -0.0100. The smallest absolute Gasteiger partial charge is 0.0441 e. The topological polar surface area (TPSA) is 0 Å². The van der Waals surface area contributed by atoms with Gasteiger partial charge in [0.2, 0.25) is 0 Å². The molecule has 2 heteroatoms. The zero-order valence-corrected chi connectivity index (χ0v) is 9.67. The molecule has 0 heterocycles. The standard InChI is InChI=1S/C10H12BrCl/c1-3-7-6-10(12)8(4-2)5-9(7)11/h5-6H,3-4H2,1-2H3. The largest absolute Gasteiger partial charge is 0.0840 e. The Morgan fingerprint density at radius 2 is 1.75 bits per heavy atom. The van der Waals surface area contributed by atoms with Crippen LogP contribution in [-0.4, -0.2) is 0 Å². The van der Waals surface area contributed by atoms with Crippen molar-refractivity contribution in [3.8, 4) is 0 Å². The van der Waals surface area contributed by atoms with Crippen molar-refractivity contribution < 1.29 is 0 Å². The van der Waals surface area contributed by atoms with E-state index in [1.54, 1.807) is 0 Å². The number of hydrogen-bond acceptors (Lipinski definition) is 0. The molecular formula is C10H12BrCl. The van der Waals surface area contributed by atoms with E-state index in [4.69, 9.17) is 11.6 Å². The fraction of sp³-hybridized carbons (Fsp3) is 0.400. The third-order valence-electron chi connectivity index (χ3n) is 1.98. The van der Waals surface area contributed by atoms with Crippen LogP contribution in [0.1, 0.15) is 25.0 Å². The van der Waals surface area contributed by atoms with Gasteiger partial charge in [0, 0.05) is 9.50 Å². The van der Waals surface area contributed by atoms with Gasteiger partial charge in [-0.25, -0.2) is 0 Å². The average molecular weight is 248 g/mol. The Morgan fingerprint density at radius 3 is 2.25 bits per heavy atom. The number of rotatable bonds is 2. The van der Waals surface area contributed by atoms with Crippen LogP contribution < -0.4 is 0 Å². The van der Waals surface area contributed by atoms with E-state index in [0.29, 0.717) is 0 Å². The summed E-state index contributed by atoms with van der Waals surface area (Å²) in [7, 11) is 0. The predicted octanol–water partition coefficient (Wildman–Crippen LogP) is 4.23. The van der Waals surface area contributed by atoms with Crippen LogP contribution in [0.3, 0.4) is 0 Å². The number of halogens is 2. The first kappa shape index (κ1) is 10.1. The first-order valence-corrected chi connectivity index (χ1v) is 5.32. The summed E-state index contributed by atoms with van der Waals surface area (Å²) in [5.74, 6) is 0. The van der Waals surface area contributed by atoms with Gasteiger partial charge in [0.15, 0.2) is 0 Å². The van der Waals surface area contributed by atoms with Gasteiger partial charge in [0.25, 0.3) is 0 Å². The van der Waals surface area contributed by atoms with E-state index in [-0.39, 0.29) is 0 Å². The van der Waals surface area contributed by atoms with Gasteiger partial charge in [-0.2, -0.15) is 0 Å². The van der Waals surface area contributed by atoms with Crippen LogP contribution in [0.4, 0.5) is 0 Å². The minimum absolute atomic E-state index is 0.887. The van der Waals surface area contributed by atoms with Gasteiger partial charge in [-0.15, -0.1) is 0 Å². The van der Waals surface area contributed by atoms with Crippen LogP contribution >= 0.6 is 27.5 Å². The number of hydrogen-bond donors (Lipinski definition) is 0. The molecule has 66 valence electrons. The highest BCUT2D eigenvalue weighted by molar-refractivity contribution is 9.10. The SMILES string of the molecule is CCc1cc(Br)c(CC)cc1Cl. The summed E-state index contributed by atoms with van der Waals surface area (Å²) in [6, 6.07) is 4.16. The minimum Gasteiger partial charge on any atom is -0.0840 e. The van der Waals surface area contributed by atoms with Crippen molar-refractivity contribution in [2.45, 2.75) is 26.7 Å². The third-order valence-corrected chi connectivity index (χ3v) is 3.07. The van der Waals surface area contributed by atoms with Crippen LogP contribution in [0.25, 0.3) is 0 Å². The third kappa shape index (κ3) is 2.02. The van der Waals surface area contributed by atoms with E-state index >= 15 is 0 Å². The van der Waals surface area contributed by atoms with Crippen LogP contribution in [0.15, 0.2) is 16.6 Å². The molecule has 0 N–H and O–H groups in total. The van der Waals surface area contributed by atoms with E-state index in [2.05, 4.69) is 35.8 Å². The molecule has 0 aliphatic rings. The molecule has 0 amide bonds. The quantitative estimate of drug-likeness (QED) is 0.734. The molecule has 0 nitrogen and oxygen atoms in total. The Kier molecular flexibility index (Phi) is 3.60. The lowest BCUT2D eigenvalue weighted by Crippen LogP contribution is -1.88. The van der Waals surface area contributed by atoms with Gasteiger partial charge in [0.05, 0.1) is 0 Å². The Balaban J connectivity index is 3.16. The summed E-state index contributed by atoms with van der Waals surface area (Å²) in [5.41, 5.74) is 2.48. The lowest BCUT2D eigenvalue weighted by atomic mass is 10.1. The molecule has 12 heavy (non-hydrogen) atoms. The van der Waals surface area contributed by atoms with Crippen molar-refractivity contribution in [2.24, 2.45) is 0 Å². The fourth-order valence-electron chi connectivity index (χ4n) is 1.17. The summed E-state index contributed by atoms with van der Waals surface area (Å²) in [6.07, 6.45) is 2.01. The summed E-state index contributed by atoms with van der Waals surface area (Å²) in [6.45, 7) is 4.24. The molecular weight excluding hydrogens is 235 g/mol. The van der Waals surface area contributed by atoms with Gasteiger partial charge in [-0.3, -0.25) is 0 Å². The van der Waals surface area contributed by atoms with E-state index in [0.717, 1.165) is 17.9 Å². The molecule has 0 fully saturated rings. The van der Waals surface area contributed by atoms with E-state index < -0.39 is 0 Å². The lowest BCUT2D eigenvalue weighted by molar-refractivity contribution is 1.09. The lowest BCUT2D eigenvalue weighted by Gasteiger charge is -2.06. The highest BCUT2D eigenvalue weighted by Crippen LogP contribution is 2.26. The first-order valence-electron chi connectivity index (χ1n) is 4.15. The highest BCUT2D eigenvalue weighted by Gasteiger charge is 2.03. The summed E-state index contributed by atoms with van der Waals surface area (Å²) in [5, 5.41) is 0.887. The maximum absolute atomic E-state index is 6.06. The molecule has 0 saturated heterocycles. The van der Waals surface area contributed by atoms with Crippen molar-refractivity contribution >= 4 is 27.5 Å². The Bertz CT molecular complexity index is 252. The van der Waals surface area contributed by atoms with Crippen molar-refractivity contribution in [3.05, 3.63) is 32.8 Å². The van der Waals surface area contributed by atoms with Crippen molar-refractivity contribution in [1.29, 1.82) is 0 Å². The zero-order valence-electron chi connectivity index (χ0n) is 7.32.